The summed E-state index contributed by atoms with van der Waals surface area (Å²) in [5.41, 5.74) is 2.14. The highest BCUT2D eigenvalue weighted by Gasteiger charge is 2.15. The first kappa shape index (κ1) is 15.0. The Morgan fingerprint density at radius 2 is 1.70 bits per heavy atom. The molecule has 2 atom stereocenters. The van der Waals surface area contributed by atoms with E-state index in [0.717, 1.165) is 6.42 Å². The van der Waals surface area contributed by atoms with Crippen molar-refractivity contribution in [3.63, 3.8) is 0 Å². The van der Waals surface area contributed by atoms with Crippen LogP contribution in [0.2, 0.25) is 5.02 Å². The fourth-order valence-corrected chi connectivity index (χ4v) is 2.30. The van der Waals surface area contributed by atoms with Gasteiger partial charge in [-0.15, -0.1) is 0 Å². The number of aliphatic hydroxyl groups excluding tert-OH is 1. The summed E-state index contributed by atoms with van der Waals surface area (Å²) in [5.74, 6) is -0.00976. The predicted octanol–water partition coefficient (Wildman–Crippen LogP) is 5.07. The third-order valence-corrected chi connectivity index (χ3v) is 3.93. The molecular formula is C17H18ClFO. The molecule has 0 fully saturated rings. The van der Waals surface area contributed by atoms with Gasteiger partial charge in [0.15, 0.2) is 0 Å². The van der Waals surface area contributed by atoms with Crippen LogP contribution >= 0.6 is 11.6 Å². The average Bonchev–Trinajstić information content (AvgIpc) is 2.46. The van der Waals surface area contributed by atoms with E-state index in [1.165, 1.54) is 17.7 Å². The van der Waals surface area contributed by atoms with Crippen molar-refractivity contribution in [2.24, 2.45) is 0 Å². The zero-order chi connectivity index (χ0) is 14.7. The maximum atomic E-state index is 13.8. The first-order chi connectivity index (χ1) is 9.52. The Morgan fingerprint density at radius 3 is 2.25 bits per heavy atom. The van der Waals surface area contributed by atoms with Crippen LogP contribution in [-0.2, 0) is 0 Å². The van der Waals surface area contributed by atoms with Gasteiger partial charge in [-0.1, -0.05) is 55.8 Å². The van der Waals surface area contributed by atoms with Gasteiger partial charge < -0.3 is 5.11 Å². The minimum absolute atomic E-state index is 0.241. The molecule has 2 rings (SSSR count). The van der Waals surface area contributed by atoms with Crippen molar-refractivity contribution >= 4 is 11.6 Å². The highest BCUT2D eigenvalue weighted by atomic mass is 35.5. The first-order valence-electron chi connectivity index (χ1n) is 6.75. The number of hydrogen-bond acceptors (Lipinski definition) is 1. The molecule has 3 heteroatoms. The lowest BCUT2D eigenvalue weighted by Gasteiger charge is -2.15. The second-order valence-corrected chi connectivity index (χ2v) is 5.48. The monoisotopic (exact) mass is 292 g/mol. The summed E-state index contributed by atoms with van der Waals surface area (Å²) >= 11 is 5.72. The largest absolute Gasteiger partial charge is 0.384 e. The zero-order valence-electron chi connectivity index (χ0n) is 11.6. The van der Waals surface area contributed by atoms with Crippen LogP contribution in [0, 0.1) is 5.82 Å². The molecule has 0 spiro atoms. The number of halogens is 2. The minimum Gasteiger partial charge on any atom is -0.384 e. The molecule has 1 N–H and O–H groups in total. The Labute approximate surface area is 124 Å². The SMILES string of the molecule is CCC(C)c1ccc(C(O)c2ccc(Cl)cc2F)cc1. The Balaban J connectivity index is 2.26. The summed E-state index contributed by atoms with van der Waals surface area (Å²) in [6.45, 7) is 4.29. The molecule has 0 aromatic heterocycles. The van der Waals surface area contributed by atoms with Gasteiger partial charge in [-0.3, -0.25) is 0 Å². The number of rotatable bonds is 4. The summed E-state index contributed by atoms with van der Waals surface area (Å²) in [4.78, 5) is 0. The van der Waals surface area contributed by atoms with Crippen molar-refractivity contribution in [1.82, 2.24) is 0 Å². The predicted molar refractivity (Wildman–Crippen MR) is 80.6 cm³/mol. The molecule has 0 aliphatic carbocycles. The van der Waals surface area contributed by atoms with Crippen LogP contribution in [0.5, 0.6) is 0 Å². The smallest absolute Gasteiger partial charge is 0.130 e. The van der Waals surface area contributed by atoms with Crippen molar-refractivity contribution in [3.8, 4) is 0 Å². The van der Waals surface area contributed by atoms with Crippen LogP contribution in [0.15, 0.2) is 42.5 Å². The van der Waals surface area contributed by atoms with Gasteiger partial charge >= 0.3 is 0 Å². The molecule has 20 heavy (non-hydrogen) atoms. The highest BCUT2D eigenvalue weighted by Crippen LogP contribution is 2.28. The molecule has 0 aliphatic rings. The molecule has 0 saturated heterocycles. The fraction of sp³-hybridized carbons (Fsp3) is 0.294. The molecule has 0 amide bonds. The lowest BCUT2D eigenvalue weighted by atomic mass is 9.95. The molecule has 106 valence electrons. The van der Waals surface area contributed by atoms with E-state index in [1.807, 2.05) is 24.3 Å². The fourth-order valence-electron chi connectivity index (χ4n) is 2.15. The molecule has 1 nitrogen and oxygen atoms in total. The van der Waals surface area contributed by atoms with E-state index in [4.69, 9.17) is 11.6 Å². The molecule has 0 heterocycles. The topological polar surface area (TPSA) is 20.2 Å². The highest BCUT2D eigenvalue weighted by molar-refractivity contribution is 6.30. The first-order valence-corrected chi connectivity index (χ1v) is 7.13. The van der Waals surface area contributed by atoms with E-state index in [0.29, 0.717) is 16.5 Å². The summed E-state index contributed by atoms with van der Waals surface area (Å²) in [6.07, 6.45) is 0.0894. The van der Waals surface area contributed by atoms with Gasteiger partial charge in [0.1, 0.15) is 11.9 Å². The summed E-state index contributed by atoms with van der Waals surface area (Å²) in [5, 5.41) is 10.6. The van der Waals surface area contributed by atoms with Crippen LogP contribution in [0.3, 0.4) is 0 Å². The van der Waals surface area contributed by atoms with E-state index in [2.05, 4.69) is 13.8 Å². The molecule has 0 bridgehead atoms. The molecule has 2 aromatic carbocycles. The van der Waals surface area contributed by atoms with Gasteiger partial charge in [0.25, 0.3) is 0 Å². The second-order valence-electron chi connectivity index (χ2n) is 5.04. The Hall–Kier alpha value is -1.38. The number of aliphatic hydroxyl groups is 1. The molecule has 0 radical (unpaired) electrons. The molecule has 0 saturated carbocycles. The molecule has 2 aromatic rings. The van der Waals surface area contributed by atoms with Crippen LogP contribution in [0.25, 0.3) is 0 Å². The standard InChI is InChI=1S/C17H18ClFO/c1-3-11(2)12-4-6-13(7-5-12)17(20)15-9-8-14(18)10-16(15)19/h4-11,17,20H,3H2,1-2H3. The second kappa shape index (κ2) is 6.38. The van der Waals surface area contributed by atoms with Crippen LogP contribution in [0.1, 0.15) is 49.0 Å². The summed E-state index contributed by atoms with van der Waals surface area (Å²) in [7, 11) is 0. The van der Waals surface area contributed by atoms with Gasteiger partial charge in [-0.25, -0.2) is 4.39 Å². The summed E-state index contributed by atoms with van der Waals surface area (Å²) < 4.78 is 13.8. The quantitative estimate of drug-likeness (QED) is 0.833. The number of hydrogen-bond donors (Lipinski definition) is 1. The van der Waals surface area contributed by atoms with Crippen molar-refractivity contribution in [2.45, 2.75) is 32.3 Å². The maximum absolute atomic E-state index is 13.8. The van der Waals surface area contributed by atoms with Crippen molar-refractivity contribution in [2.75, 3.05) is 0 Å². The van der Waals surface area contributed by atoms with E-state index in [-0.39, 0.29) is 5.56 Å². The number of benzene rings is 2. The Kier molecular flexibility index (Phi) is 4.79. The molecular weight excluding hydrogens is 275 g/mol. The van der Waals surface area contributed by atoms with Gasteiger partial charge in [0.2, 0.25) is 0 Å². The van der Waals surface area contributed by atoms with Crippen molar-refractivity contribution < 1.29 is 9.50 Å². The van der Waals surface area contributed by atoms with Crippen LogP contribution < -0.4 is 0 Å². The van der Waals surface area contributed by atoms with Crippen LogP contribution in [-0.4, -0.2) is 5.11 Å². The zero-order valence-corrected chi connectivity index (χ0v) is 12.4. The normalized spacial score (nSPS) is 14.1. The Morgan fingerprint density at radius 1 is 1.10 bits per heavy atom. The van der Waals surface area contributed by atoms with Gasteiger partial charge in [-0.2, -0.15) is 0 Å². The van der Waals surface area contributed by atoms with E-state index in [1.54, 1.807) is 6.07 Å². The minimum atomic E-state index is -0.974. The maximum Gasteiger partial charge on any atom is 0.130 e. The van der Waals surface area contributed by atoms with Gasteiger partial charge in [0.05, 0.1) is 0 Å². The van der Waals surface area contributed by atoms with Gasteiger partial charge in [0, 0.05) is 10.6 Å². The Bertz CT molecular complexity index is 580. The van der Waals surface area contributed by atoms with Gasteiger partial charge in [-0.05, 0) is 35.6 Å². The van der Waals surface area contributed by atoms with E-state index >= 15 is 0 Å². The lowest BCUT2D eigenvalue weighted by Crippen LogP contribution is -2.03. The van der Waals surface area contributed by atoms with E-state index in [9.17, 15) is 9.50 Å². The average molecular weight is 293 g/mol. The lowest BCUT2D eigenvalue weighted by molar-refractivity contribution is 0.215. The molecule has 0 aliphatic heterocycles. The molecule has 2 unspecified atom stereocenters. The van der Waals surface area contributed by atoms with Crippen molar-refractivity contribution in [3.05, 3.63) is 70.0 Å². The summed E-state index contributed by atoms with van der Waals surface area (Å²) in [6, 6.07) is 12.0. The third-order valence-electron chi connectivity index (χ3n) is 3.69. The van der Waals surface area contributed by atoms with Crippen molar-refractivity contribution in [1.29, 1.82) is 0 Å². The van der Waals surface area contributed by atoms with E-state index < -0.39 is 11.9 Å². The third kappa shape index (κ3) is 3.20. The van der Waals surface area contributed by atoms with Crippen LogP contribution in [0.4, 0.5) is 4.39 Å².